The second-order valence-electron chi connectivity index (χ2n) is 4.71. The van der Waals surface area contributed by atoms with Gasteiger partial charge in [-0.2, -0.15) is 0 Å². The molecule has 2 rings (SSSR count). The third-order valence-electron chi connectivity index (χ3n) is 2.97. The second kappa shape index (κ2) is 8.79. The van der Waals surface area contributed by atoms with E-state index in [2.05, 4.69) is 5.32 Å². The number of para-hydroxylation sites is 1. The Bertz CT molecular complexity index is 681. The van der Waals surface area contributed by atoms with Gasteiger partial charge >= 0.3 is 0 Å². The molecule has 0 radical (unpaired) electrons. The Kier molecular flexibility index (Phi) is 6.74. The van der Waals surface area contributed by atoms with E-state index in [1.165, 1.54) is 30.0 Å². The van der Waals surface area contributed by atoms with Crippen molar-refractivity contribution in [1.82, 2.24) is 0 Å². The molecule has 0 saturated carbocycles. The van der Waals surface area contributed by atoms with Gasteiger partial charge in [-0.25, -0.2) is 4.39 Å². The van der Waals surface area contributed by atoms with Crippen molar-refractivity contribution in [3.05, 3.63) is 58.9 Å². The molecule has 0 atom stereocenters. The molecule has 122 valence electrons. The van der Waals surface area contributed by atoms with E-state index in [9.17, 15) is 9.18 Å². The zero-order chi connectivity index (χ0) is 16.7. The molecule has 1 amide bonds. The monoisotopic (exact) mass is 353 g/mol. The molecule has 6 heteroatoms. The number of benzene rings is 2. The number of rotatable bonds is 7. The maximum Gasteiger partial charge on any atom is 0.234 e. The Morgan fingerprint density at radius 2 is 2.09 bits per heavy atom. The first-order valence-electron chi connectivity index (χ1n) is 7.13. The number of amides is 1. The maximum absolute atomic E-state index is 13.0. The molecule has 0 spiro atoms. The second-order valence-corrected chi connectivity index (χ2v) is 6.10. The minimum Gasteiger partial charge on any atom is -0.494 e. The summed E-state index contributed by atoms with van der Waals surface area (Å²) >= 11 is 7.35. The standard InChI is InChI=1S/C17H17ClFNO2S/c1-2-22-16-6-4-3-5-12(16)10-23-11-17(21)20-15-8-7-13(19)9-14(15)18/h3-9H,2,10-11H2,1H3,(H,20,21). The highest BCUT2D eigenvalue weighted by Gasteiger charge is 2.08. The molecule has 0 aliphatic carbocycles. The van der Waals surface area contributed by atoms with Gasteiger partial charge in [0.05, 0.1) is 23.1 Å². The fourth-order valence-electron chi connectivity index (χ4n) is 1.95. The molecular weight excluding hydrogens is 337 g/mol. The molecule has 0 unspecified atom stereocenters. The summed E-state index contributed by atoms with van der Waals surface area (Å²) in [6.45, 7) is 2.54. The molecule has 0 fully saturated rings. The molecule has 2 aromatic rings. The summed E-state index contributed by atoms with van der Waals surface area (Å²) in [6, 6.07) is 11.6. The summed E-state index contributed by atoms with van der Waals surface area (Å²) in [5.74, 6) is 1.16. The van der Waals surface area contributed by atoms with E-state index in [1.807, 2.05) is 31.2 Å². The SMILES string of the molecule is CCOc1ccccc1CSCC(=O)Nc1ccc(F)cc1Cl. The van der Waals surface area contributed by atoms with Gasteiger partial charge in [0.1, 0.15) is 11.6 Å². The van der Waals surface area contributed by atoms with E-state index in [-0.39, 0.29) is 16.7 Å². The average molecular weight is 354 g/mol. The van der Waals surface area contributed by atoms with Crippen LogP contribution in [0.2, 0.25) is 5.02 Å². The first kappa shape index (κ1) is 17.6. The van der Waals surface area contributed by atoms with Gasteiger partial charge in [0.25, 0.3) is 0 Å². The average Bonchev–Trinajstić information content (AvgIpc) is 2.52. The van der Waals surface area contributed by atoms with Crippen molar-refractivity contribution in [3.8, 4) is 5.75 Å². The van der Waals surface area contributed by atoms with E-state index in [0.29, 0.717) is 18.0 Å². The maximum atomic E-state index is 13.0. The highest BCUT2D eigenvalue weighted by atomic mass is 35.5. The normalized spacial score (nSPS) is 10.4. The summed E-state index contributed by atoms with van der Waals surface area (Å²) in [7, 11) is 0. The molecular formula is C17H17ClFNO2S. The van der Waals surface area contributed by atoms with E-state index in [1.54, 1.807) is 0 Å². The number of anilines is 1. The number of nitrogens with one attached hydrogen (secondary N) is 1. The van der Waals surface area contributed by atoms with Crippen LogP contribution in [0.1, 0.15) is 12.5 Å². The van der Waals surface area contributed by atoms with Crippen molar-refractivity contribution < 1.29 is 13.9 Å². The smallest absolute Gasteiger partial charge is 0.234 e. The topological polar surface area (TPSA) is 38.3 Å². The lowest BCUT2D eigenvalue weighted by molar-refractivity contribution is -0.113. The first-order valence-corrected chi connectivity index (χ1v) is 8.66. The largest absolute Gasteiger partial charge is 0.494 e. The Hall–Kier alpha value is -1.72. The van der Waals surface area contributed by atoms with Crippen LogP contribution < -0.4 is 10.1 Å². The van der Waals surface area contributed by atoms with Gasteiger partial charge in [-0.05, 0) is 31.2 Å². The van der Waals surface area contributed by atoms with Gasteiger partial charge < -0.3 is 10.1 Å². The van der Waals surface area contributed by atoms with Crippen LogP contribution in [-0.2, 0) is 10.5 Å². The summed E-state index contributed by atoms with van der Waals surface area (Å²) in [5, 5.41) is 2.86. The zero-order valence-corrected chi connectivity index (χ0v) is 14.2. The minimum absolute atomic E-state index is 0.183. The summed E-state index contributed by atoms with van der Waals surface area (Å²) in [6.07, 6.45) is 0. The highest BCUT2D eigenvalue weighted by molar-refractivity contribution is 7.99. The van der Waals surface area contributed by atoms with Crippen molar-refractivity contribution in [3.63, 3.8) is 0 Å². The molecule has 1 N–H and O–H groups in total. The number of halogens is 2. The Morgan fingerprint density at radius 1 is 1.30 bits per heavy atom. The molecule has 0 aliphatic rings. The molecule has 23 heavy (non-hydrogen) atoms. The van der Waals surface area contributed by atoms with Crippen LogP contribution in [0.4, 0.5) is 10.1 Å². The third-order valence-corrected chi connectivity index (χ3v) is 4.26. The molecule has 0 aromatic heterocycles. The van der Waals surface area contributed by atoms with Crippen LogP contribution in [0.15, 0.2) is 42.5 Å². The van der Waals surface area contributed by atoms with Gasteiger partial charge in [-0.15, -0.1) is 11.8 Å². The number of thioether (sulfide) groups is 1. The van der Waals surface area contributed by atoms with Gasteiger partial charge in [0.15, 0.2) is 0 Å². The van der Waals surface area contributed by atoms with Crippen LogP contribution >= 0.6 is 23.4 Å². The fraction of sp³-hybridized carbons (Fsp3) is 0.235. The quantitative estimate of drug-likeness (QED) is 0.780. The summed E-state index contributed by atoms with van der Waals surface area (Å²) in [5.41, 5.74) is 1.46. The van der Waals surface area contributed by atoms with Gasteiger partial charge in [-0.1, -0.05) is 29.8 Å². The molecule has 0 aliphatic heterocycles. The molecule has 3 nitrogen and oxygen atoms in total. The highest BCUT2D eigenvalue weighted by Crippen LogP contribution is 2.25. The fourth-order valence-corrected chi connectivity index (χ4v) is 2.98. The van der Waals surface area contributed by atoms with Crippen LogP contribution in [-0.4, -0.2) is 18.3 Å². The number of hydrogen-bond donors (Lipinski definition) is 1. The van der Waals surface area contributed by atoms with E-state index >= 15 is 0 Å². The van der Waals surface area contributed by atoms with Crippen molar-refractivity contribution in [1.29, 1.82) is 0 Å². The van der Waals surface area contributed by atoms with Crippen LogP contribution in [0.3, 0.4) is 0 Å². The van der Waals surface area contributed by atoms with Crippen molar-refractivity contribution >= 4 is 35.0 Å². The number of hydrogen-bond acceptors (Lipinski definition) is 3. The van der Waals surface area contributed by atoms with Crippen LogP contribution in [0.25, 0.3) is 0 Å². The van der Waals surface area contributed by atoms with E-state index in [4.69, 9.17) is 16.3 Å². The molecule has 0 bridgehead atoms. The van der Waals surface area contributed by atoms with Gasteiger partial charge in [-0.3, -0.25) is 4.79 Å². The summed E-state index contributed by atoms with van der Waals surface area (Å²) < 4.78 is 18.5. The number of ether oxygens (including phenoxy) is 1. The number of carbonyl (C=O) groups is 1. The van der Waals surface area contributed by atoms with Crippen LogP contribution in [0.5, 0.6) is 5.75 Å². The lowest BCUT2D eigenvalue weighted by Crippen LogP contribution is -2.14. The van der Waals surface area contributed by atoms with Crippen molar-refractivity contribution in [2.75, 3.05) is 17.7 Å². The minimum atomic E-state index is -0.435. The van der Waals surface area contributed by atoms with Crippen LogP contribution in [0, 0.1) is 5.82 Å². The predicted octanol–water partition coefficient (Wildman–Crippen LogP) is 4.75. The van der Waals surface area contributed by atoms with Gasteiger partial charge in [0.2, 0.25) is 5.91 Å². The first-order chi connectivity index (χ1) is 11.1. The lowest BCUT2D eigenvalue weighted by atomic mass is 10.2. The lowest BCUT2D eigenvalue weighted by Gasteiger charge is -2.10. The Morgan fingerprint density at radius 3 is 2.83 bits per heavy atom. The number of carbonyl (C=O) groups excluding carboxylic acids is 1. The zero-order valence-electron chi connectivity index (χ0n) is 12.6. The predicted molar refractivity (Wildman–Crippen MR) is 93.8 cm³/mol. The van der Waals surface area contributed by atoms with Crippen molar-refractivity contribution in [2.24, 2.45) is 0 Å². The molecule has 0 heterocycles. The summed E-state index contributed by atoms with van der Waals surface area (Å²) in [4.78, 5) is 11.9. The van der Waals surface area contributed by atoms with E-state index < -0.39 is 5.82 Å². The third kappa shape index (κ3) is 5.44. The Balaban J connectivity index is 1.85. The van der Waals surface area contributed by atoms with Crippen molar-refractivity contribution in [2.45, 2.75) is 12.7 Å². The van der Waals surface area contributed by atoms with Gasteiger partial charge in [0, 0.05) is 11.3 Å². The van der Waals surface area contributed by atoms with E-state index in [0.717, 1.165) is 11.3 Å². The molecule has 0 saturated heterocycles. The Labute approximate surface area is 144 Å². The molecule has 2 aromatic carbocycles.